The fourth-order valence-corrected chi connectivity index (χ4v) is 2.25. The molecule has 1 atom stereocenters. The van der Waals surface area contributed by atoms with Gasteiger partial charge in [0.25, 0.3) is 0 Å². The molecule has 0 saturated carbocycles. The van der Waals surface area contributed by atoms with E-state index in [-0.39, 0.29) is 11.9 Å². The average molecular weight is 263 g/mol. The molecule has 0 aromatic carbocycles. The first-order valence-corrected chi connectivity index (χ1v) is 6.69. The topological polar surface area (TPSA) is 70.2 Å². The summed E-state index contributed by atoms with van der Waals surface area (Å²) in [6, 6.07) is 1.58. The fourth-order valence-electron chi connectivity index (χ4n) is 2.25. The van der Waals surface area contributed by atoms with Crippen molar-refractivity contribution >= 4 is 17.7 Å². The van der Waals surface area contributed by atoms with Gasteiger partial charge in [-0.3, -0.25) is 4.79 Å². The Morgan fingerprint density at radius 2 is 2.05 bits per heavy atom. The number of nitrogens with zero attached hydrogens (tertiary/aromatic N) is 3. The van der Waals surface area contributed by atoms with E-state index in [0.717, 1.165) is 31.6 Å². The number of hydrogen-bond acceptors (Lipinski definition) is 5. The second kappa shape index (κ2) is 5.86. The lowest BCUT2D eigenvalue weighted by atomic mass is 10.3. The van der Waals surface area contributed by atoms with Crippen LogP contribution in [0.3, 0.4) is 0 Å². The first-order chi connectivity index (χ1) is 9.10. The molecule has 6 heteroatoms. The Morgan fingerprint density at radius 3 is 2.68 bits per heavy atom. The van der Waals surface area contributed by atoms with Crippen molar-refractivity contribution in [2.24, 2.45) is 0 Å². The quantitative estimate of drug-likeness (QED) is 0.855. The Morgan fingerprint density at radius 1 is 1.37 bits per heavy atom. The van der Waals surface area contributed by atoms with Gasteiger partial charge >= 0.3 is 0 Å². The van der Waals surface area contributed by atoms with E-state index in [2.05, 4.69) is 20.6 Å². The first kappa shape index (κ1) is 13.6. The molecule has 0 aliphatic carbocycles. The Hall–Kier alpha value is -1.85. The molecule has 104 valence electrons. The van der Waals surface area contributed by atoms with Crippen molar-refractivity contribution in [2.45, 2.75) is 32.7 Å². The molecule has 0 bridgehead atoms. The maximum atomic E-state index is 12.2. The van der Waals surface area contributed by atoms with Gasteiger partial charge in [0.1, 0.15) is 11.9 Å². The second-order valence-electron chi connectivity index (χ2n) is 4.87. The molecule has 1 amide bonds. The van der Waals surface area contributed by atoms with Gasteiger partial charge in [0.05, 0.1) is 0 Å². The molecular formula is C13H21N5O. The van der Waals surface area contributed by atoms with Crippen LogP contribution in [0.2, 0.25) is 0 Å². The third kappa shape index (κ3) is 3.33. The Balaban J connectivity index is 2.03. The molecule has 1 aliphatic rings. The summed E-state index contributed by atoms with van der Waals surface area (Å²) in [4.78, 5) is 22.6. The second-order valence-corrected chi connectivity index (χ2v) is 4.87. The third-order valence-corrected chi connectivity index (χ3v) is 3.23. The van der Waals surface area contributed by atoms with Gasteiger partial charge in [0, 0.05) is 31.9 Å². The summed E-state index contributed by atoms with van der Waals surface area (Å²) >= 11 is 0. The summed E-state index contributed by atoms with van der Waals surface area (Å²) in [5.74, 6) is 1.37. The SMILES string of the molecule is CNc1nc(C)cc(NC(C)C(=O)N2CCCC2)n1. The molecule has 2 rings (SSSR count). The van der Waals surface area contributed by atoms with Crippen LogP contribution in [0, 0.1) is 6.92 Å². The number of hydrogen-bond donors (Lipinski definition) is 2. The molecular weight excluding hydrogens is 242 g/mol. The molecule has 2 N–H and O–H groups in total. The number of carbonyl (C=O) groups is 1. The van der Waals surface area contributed by atoms with Crippen molar-refractivity contribution in [1.82, 2.24) is 14.9 Å². The molecule has 1 aliphatic heterocycles. The van der Waals surface area contributed by atoms with Crippen molar-refractivity contribution in [3.63, 3.8) is 0 Å². The molecule has 1 saturated heterocycles. The zero-order valence-corrected chi connectivity index (χ0v) is 11.7. The molecule has 1 fully saturated rings. The van der Waals surface area contributed by atoms with Gasteiger partial charge in [0.15, 0.2) is 0 Å². The van der Waals surface area contributed by atoms with E-state index >= 15 is 0 Å². The summed E-state index contributed by atoms with van der Waals surface area (Å²) in [5.41, 5.74) is 0.864. The summed E-state index contributed by atoms with van der Waals surface area (Å²) < 4.78 is 0. The highest BCUT2D eigenvalue weighted by Gasteiger charge is 2.23. The van der Waals surface area contributed by atoms with E-state index in [1.807, 2.05) is 24.8 Å². The minimum absolute atomic E-state index is 0.139. The van der Waals surface area contributed by atoms with Crippen LogP contribution in [0.1, 0.15) is 25.5 Å². The monoisotopic (exact) mass is 263 g/mol. The molecule has 6 nitrogen and oxygen atoms in total. The highest BCUT2D eigenvalue weighted by molar-refractivity contribution is 5.84. The molecule has 2 heterocycles. The minimum Gasteiger partial charge on any atom is -0.358 e. The fraction of sp³-hybridized carbons (Fsp3) is 0.615. The van der Waals surface area contributed by atoms with Crippen molar-refractivity contribution in [3.05, 3.63) is 11.8 Å². The van der Waals surface area contributed by atoms with E-state index in [1.54, 1.807) is 7.05 Å². The van der Waals surface area contributed by atoms with Gasteiger partial charge < -0.3 is 15.5 Å². The predicted octanol–water partition coefficient (Wildman–Crippen LogP) is 1.25. The van der Waals surface area contributed by atoms with Gasteiger partial charge in [-0.1, -0.05) is 0 Å². The van der Waals surface area contributed by atoms with Gasteiger partial charge in [-0.05, 0) is 26.7 Å². The maximum absolute atomic E-state index is 12.2. The molecule has 0 spiro atoms. The average Bonchev–Trinajstić information content (AvgIpc) is 2.90. The van der Waals surface area contributed by atoms with Gasteiger partial charge in [-0.15, -0.1) is 0 Å². The van der Waals surface area contributed by atoms with Crippen molar-refractivity contribution in [1.29, 1.82) is 0 Å². The highest BCUT2D eigenvalue weighted by Crippen LogP contribution is 2.13. The van der Waals surface area contributed by atoms with Crippen LogP contribution < -0.4 is 10.6 Å². The molecule has 0 radical (unpaired) electrons. The Labute approximate surface area is 113 Å². The number of anilines is 2. The van der Waals surface area contributed by atoms with Crippen molar-refractivity contribution in [3.8, 4) is 0 Å². The number of rotatable bonds is 4. The van der Waals surface area contributed by atoms with E-state index < -0.39 is 0 Å². The lowest BCUT2D eigenvalue weighted by molar-refractivity contribution is -0.130. The van der Waals surface area contributed by atoms with E-state index in [1.165, 1.54) is 0 Å². The van der Waals surface area contributed by atoms with Crippen LogP contribution >= 0.6 is 0 Å². The number of carbonyl (C=O) groups excluding carboxylic acids is 1. The number of aromatic nitrogens is 2. The van der Waals surface area contributed by atoms with Crippen LogP contribution in [0.25, 0.3) is 0 Å². The van der Waals surface area contributed by atoms with Gasteiger partial charge in [0.2, 0.25) is 11.9 Å². The number of nitrogens with one attached hydrogen (secondary N) is 2. The standard InChI is InChI=1S/C13H21N5O/c1-9-8-11(17-13(14-3)15-9)16-10(2)12(19)18-6-4-5-7-18/h8,10H,4-7H2,1-3H3,(H2,14,15,16,17). The van der Waals surface area contributed by atoms with E-state index in [0.29, 0.717) is 11.8 Å². The third-order valence-electron chi connectivity index (χ3n) is 3.23. The van der Waals surface area contributed by atoms with Crippen molar-refractivity contribution in [2.75, 3.05) is 30.8 Å². The van der Waals surface area contributed by atoms with Crippen LogP contribution in [0.15, 0.2) is 6.07 Å². The number of likely N-dealkylation sites (tertiary alicyclic amines) is 1. The highest BCUT2D eigenvalue weighted by atomic mass is 16.2. The molecule has 1 aromatic rings. The number of aryl methyl sites for hydroxylation is 1. The lowest BCUT2D eigenvalue weighted by Crippen LogP contribution is -2.39. The first-order valence-electron chi connectivity index (χ1n) is 6.69. The zero-order chi connectivity index (χ0) is 13.8. The van der Waals surface area contributed by atoms with Crippen molar-refractivity contribution < 1.29 is 4.79 Å². The molecule has 1 unspecified atom stereocenters. The van der Waals surface area contributed by atoms with Crippen LogP contribution in [0.5, 0.6) is 0 Å². The smallest absolute Gasteiger partial charge is 0.244 e. The van der Waals surface area contributed by atoms with E-state index in [4.69, 9.17) is 0 Å². The largest absolute Gasteiger partial charge is 0.358 e. The Kier molecular flexibility index (Phi) is 4.19. The van der Waals surface area contributed by atoms with Crippen LogP contribution in [-0.4, -0.2) is 47.0 Å². The van der Waals surface area contributed by atoms with Gasteiger partial charge in [-0.2, -0.15) is 4.98 Å². The summed E-state index contributed by atoms with van der Waals surface area (Å²) in [6.07, 6.45) is 2.21. The summed E-state index contributed by atoms with van der Waals surface area (Å²) in [6.45, 7) is 5.52. The molecule has 19 heavy (non-hydrogen) atoms. The van der Waals surface area contributed by atoms with E-state index in [9.17, 15) is 4.79 Å². The minimum atomic E-state index is -0.267. The predicted molar refractivity (Wildman–Crippen MR) is 75.2 cm³/mol. The lowest BCUT2D eigenvalue weighted by Gasteiger charge is -2.21. The number of amides is 1. The van der Waals surface area contributed by atoms with Crippen LogP contribution in [0.4, 0.5) is 11.8 Å². The Bertz CT molecular complexity index is 456. The molecule has 1 aromatic heterocycles. The normalized spacial score (nSPS) is 16.3. The maximum Gasteiger partial charge on any atom is 0.244 e. The summed E-state index contributed by atoms with van der Waals surface area (Å²) in [5, 5.41) is 6.06. The zero-order valence-electron chi connectivity index (χ0n) is 11.7. The van der Waals surface area contributed by atoms with Gasteiger partial charge in [-0.25, -0.2) is 4.98 Å². The summed E-state index contributed by atoms with van der Waals surface area (Å²) in [7, 11) is 1.78. The van der Waals surface area contributed by atoms with Crippen LogP contribution in [-0.2, 0) is 4.79 Å².